The largest absolute Gasteiger partial charge is 0.366 e. The van der Waals surface area contributed by atoms with Crippen molar-refractivity contribution in [1.29, 1.82) is 0 Å². The van der Waals surface area contributed by atoms with E-state index in [1.807, 2.05) is 12.1 Å². The normalized spacial score (nSPS) is 12.5. The van der Waals surface area contributed by atoms with Gasteiger partial charge in [-0.3, -0.25) is 9.79 Å². The number of benzene rings is 1. The summed E-state index contributed by atoms with van der Waals surface area (Å²) in [7, 11) is 1.75. The number of carbonyl (C=O) groups is 1. The average Bonchev–Trinajstić information content (AvgIpc) is 2.49. The van der Waals surface area contributed by atoms with Crippen molar-refractivity contribution in [2.24, 2.45) is 16.6 Å². The van der Waals surface area contributed by atoms with Crippen molar-refractivity contribution in [3.63, 3.8) is 0 Å². The summed E-state index contributed by atoms with van der Waals surface area (Å²) in [5, 5.41) is 6.63. The fraction of sp³-hybridized carbons (Fsp3) is 0.529. The highest BCUT2D eigenvalue weighted by Gasteiger charge is 2.07. The van der Waals surface area contributed by atoms with Gasteiger partial charge in [0.25, 0.3) is 0 Å². The van der Waals surface area contributed by atoms with Crippen LogP contribution in [0.4, 0.5) is 0 Å². The molecule has 1 amide bonds. The molecule has 4 N–H and O–H groups in total. The van der Waals surface area contributed by atoms with E-state index >= 15 is 0 Å². The molecule has 0 fully saturated rings. The molecule has 1 atom stereocenters. The first-order chi connectivity index (χ1) is 10.4. The van der Waals surface area contributed by atoms with Gasteiger partial charge in [-0.05, 0) is 43.4 Å². The van der Waals surface area contributed by atoms with E-state index in [9.17, 15) is 4.79 Å². The first-order valence-corrected chi connectivity index (χ1v) is 7.78. The Morgan fingerprint density at radius 2 is 1.96 bits per heavy atom. The minimum absolute atomic E-state index is 0. The number of carbonyl (C=O) groups excluding carboxylic acids is 1. The van der Waals surface area contributed by atoms with Crippen LogP contribution in [0.15, 0.2) is 29.3 Å². The summed E-state index contributed by atoms with van der Waals surface area (Å²) in [6.45, 7) is 7.21. The number of nitrogens with zero attached hydrogens (tertiary/aromatic N) is 1. The van der Waals surface area contributed by atoms with E-state index in [1.165, 1.54) is 6.42 Å². The van der Waals surface area contributed by atoms with Crippen LogP contribution >= 0.6 is 24.0 Å². The Balaban J connectivity index is 0.00000484. The molecule has 0 aromatic heterocycles. The van der Waals surface area contributed by atoms with Gasteiger partial charge in [0.05, 0.1) is 0 Å². The molecule has 0 aliphatic carbocycles. The quantitative estimate of drug-likeness (QED) is 0.352. The van der Waals surface area contributed by atoms with Crippen molar-refractivity contribution in [3.05, 3.63) is 35.4 Å². The fourth-order valence-corrected chi connectivity index (χ4v) is 2.10. The second-order valence-electron chi connectivity index (χ2n) is 6.01. The maximum atomic E-state index is 11.2. The molecule has 1 unspecified atom stereocenters. The summed E-state index contributed by atoms with van der Waals surface area (Å²) in [5.74, 6) is 1.06. The van der Waals surface area contributed by atoms with Crippen molar-refractivity contribution < 1.29 is 4.79 Å². The van der Waals surface area contributed by atoms with Gasteiger partial charge in [-0.2, -0.15) is 0 Å². The lowest BCUT2D eigenvalue weighted by Gasteiger charge is -2.18. The van der Waals surface area contributed by atoms with Gasteiger partial charge in [0, 0.05) is 25.2 Å². The number of hydrogen-bond acceptors (Lipinski definition) is 2. The lowest BCUT2D eigenvalue weighted by atomic mass is 10.0. The van der Waals surface area contributed by atoms with E-state index in [1.54, 1.807) is 19.2 Å². The summed E-state index contributed by atoms with van der Waals surface area (Å²) >= 11 is 0. The molecular weight excluding hydrogens is 403 g/mol. The summed E-state index contributed by atoms with van der Waals surface area (Å²) < 4.78 is 0. The lowest BCUT2D eigenvalue weighted by Crippen LogP contribution is -2.41. The van der Waals surface area contributed by atoms with Crippen LogP contribution in [0.5, 0.6) is 0 Å². The third kappa shape index (κ3) is 8.78. The number of amides is 1. The van der Waals surface area contributed by atoms with Gasteiger partial charge in [0.1, 0.15) is 0 Å². The first-order valence-electron chi connectivity index (χ1n) is 7.78. The van der Waals surface area contributed by atoms with Crippen LogP contribution in [0.3, 0.4) is 0 Å². The molecule has 0 spiro atoms. The average molecular weight is 432 g/mol. The second kappa shape index (κ2) is 11.3. The molecule has 0 aliphatic rings. The third-order valence-electron chi connectivity index (χ3n) is 3.46. The predicted molar refractivity (Wildman–Crippen MR) is 107 cm³/mol. The Morgan fingerprint density at radius 3 is 2.52 bits per heavy atom. The van der Waals surface area contributed by atoms with E-state index in [2.05, 4.69) is 36.4 Å². The number of hydrogen-bond donors (Lipinski definition) is 3. The van der Waals surface area contributed by atoms with Crippen LogP contribution in [0.1, 0.15) is 49.5 Å². The molecule has 1 rings (SSSR count). The molecule has 0 saturated carbocycles. The number of primary amides is 1. The van der Waals surface area contributed by atoms with Gasteiger partial charge in [-0.15, -0.1) is 24.0 Å². The van der Waals surface area contributed by atoms with Gasteiger partial charge in [-0.25, -0.2) is 0 Å². The van der Waals surface area contributed by atoms with Gasteiger partial charge in [-0.1, -0.05) is 26.0 Å². The minimum atomic E-state index is -0.410. The van der Waals surface area contributed by atoms with Gasteiger partial charge in [0.15, 0.2) is 5.96 Å². The highest BCUT2D eigenvalue weighted by molar-refractivity contribution is 14.0. The monoisotopic (exact) mass is 432 g/mol. The Hall–Kier alpha value is -1.31. The number of rotatable bonds is 7. The third-order valence-corrected chi connectivity index (χ3v) is 3.46. The second-order valence-corrected chi connectivity index (χ2v) is 6.01. The van der Waals surface area contributed by atoms with Crippen molar-refractivity contribution in [3.8, 4) is 0 Å². The Kier molecular flexibility index (Phi) is 10.6. The molecule has 0 aliphatic heterocycles. The molecule has 0 bridgehead atoms. The van der Waals surface area contributed by atoms with E-state index in [-0.39, 0.29) is 24.0 Å². The zero-order chi connectivity index (χ0) is 16.5. The predicted octanol–water partition coefficient (Wildman–Crippen LogP) is 2.89. The molecule has 130 valence electrons. The molecular formula is C17H29IN4O. The van der Waals surface area contributed by atoms with Gasteiger partial charge < -0.3 is 16.4 Å². The van der Waals surface area contributed by atoms with Crippen LogP contribution in [0.25, 0.3) is 0 Å². The zero-order valence-corrected chi connectivity index (χ0v) is 16.8. The van der Waals surface area contributed by atoms with Crippen LogP contribution in [0.2, 0.25) is 0 Å². The van der Waals surface area contributed by atoms with E-state index < -0.39 is 5.91 Å². The molecule has 0 radical (unpaired) electrons. The smallest absolute Gasteiger partial charge is 0.248 e. The highest BCUT2D eigenvalue weighted by atomic mass is 127. The van der Waals surface area contributed by atoms with Crippen molar-refractivity contribution >= 4 is 35.8 Å². The Labute approximate surface area is 156 Å². The Bertz CT molecular complexity index is 517. The van der Waals surface area contributed by atoms with E-state index in [0.717, 1.165) is 17.9 Å². The zero-order valence-electron chi connectivity index (χ0n) is 14.4. The molecule has 5 nitrogen and oxygen atoms in total. The van der Waals surface area contributed by atoms with Gasteiger partial charge in [0.2, 0.25) is 5.91 Å². The minimum Gasteiger partial charge on any atom is -0.366 e. The summed E-state index contributed by atoms with van der Waals surface area (Å²) in [6, 6.07) is 7.66. The van der Waals surface area contributed by atoms with Crippen molar-refractivity contribution in [2.75, 3.05) is 7.05 Å². The lowest BCUT2D eigenvalue weighted by molar-refractivity contribution is 0.1000. The SMILES string of the molecule is CN=C(NCc1cccc(C(N)=O)c1)NC(C)CCC(C)C.I. The number of halogens is 1. The molecule has 6 heteroatoms. The molecule has 23 heavy (non-hydrogen) atoms. The summed E-state index contributed by atoms with van der Waals surface area (Å²) in [4.78, 5) is 15.4. The highest BCUT2D eigenvalue weighted by Crippen LogP contribution is 2.07. The first kappa shape index (κ1) is 21.7. The summed E-state index contributed by atoms with van der Waals surface area (Å²) in [5.41, 5.74) is 6.81. The molecule has 0 saturated heterocycles. The molecule has 1 aromatic rings. The molecule has 0 heterocycles. The maximum Gasteiger partial charge on any atom is 0.248 e. The standard InChI is InChI=1S/C17H28N4O.HI/c1-12(2)8-9-13(3)21-17(19-4)20-11-14-6-5-7-15(10-14)16(18)22;/h5-7,10,12-13H,8-9,11H2,1-4H3,(H2,18,22)(H2,19,20,21);1H. The van der Waals surface area contributed by atoms with Crippen LogP contribution in [0, 0.1) is 5.92 Å². The fourth-order valence-electron chi connectivity index (χ4n) is 2.10. The van der Waals surface area contributed by atoms with E-state index in [0.29, 0.717) is 24.1 Å². The van der Waals surface area contributed by atoms with Gasteiger partial charge >= 0.3 is 0 Å². The number of nitrogens with one attached hydrogen (secondary N) is 2. The van der Waals surface area contributed by atoms with Crippen LogP contribution < -0.4 is 16.4 Å². The number of guanidine groups is 1. The summed E-state index contributed by atoms with van der Waals surface area (Å²) in [6.07, 6.45) is 2.29. The number of nitrogens with two attached hydrogens (primary N) is 1. The maximum absolute atomic E-state index is 11.2. The Morgan fingerprint density at radius 1 is 1.26 bits per heavy atom. The topological polar surface area (TPSA) is 79.5 Å². The number of aliphatic imine (C=N–C) groups is 1. The van der Waals surface area contributed by atoms with Crippen molar-refractivity contribution in [1.82, 2.24) is 10.6 Å². The van der Waals surface area contributed by atoms with Crippen LogP contribution in [-0.2, 0) is 6.54 Å². The van der Waals surface area contributed by atoms with Crippen LogP contribution in [-0.4, -0.2) is 25.0 Å². The van der Waals surface area contributed by atoms with Crippen molar-refractivity contribution in [2.45, 2.75) is 46.2 Å². The van der Waals surface area contributed by atoms with E-state index in [4.69, 9.17) is 5.73 Å². The molecule has 1 aromatic carbocycles.